The van der Waals surface area contributed by atoms with Crippen molar-refractivity contribution in [1.82, 2.24) is 0 Å². The Morgan fingerprint density at radius 1 is 1.15 bits per heavy atom. The summed E-state index contributed by atoms with van der Waals surface area (Å²) in [6, 6.07) is 2.17. The van der Waals surface area contributed by atoms with Crippen molar-refractivity contribution in [3.8, 4) is 5.75 Å². The number of hydrogen-bond acceptors (Lipinski definition) is 2. The van der Waals surface area contributed by atoms with Crippen molar-refractivity contribution in [3.63, 3.8) is 0 Å². The maximum Gasteiger partial charge on any atom is 0.172 e. The topological polar surface area (TPSA) is 26.3 Å². The van der Waals surface area contributed by atoms with Gasteiger partial charge in [0.05, 0.1) is 12.7 Å². The highest BCUT2D eigenvalue weighted by Gasteiger charge is 2.67. The van der Waals surface area contributed by atoms with Crippen molar-refractivity contribution in [2.45, 2.75) is 19.3 Å². The number of fused-ring (bicyclic) bond motifs is 5. The first kappa shape index (κ1) is 12.3. The van der Waals surface area contributed by atoms with Crippen LogP contribution in [0, 0.1) is 41.2 Å². The molecule has 0 spiro atoms. The predicted molar refractivity (Wildman–Crippen MR) is 68.5 cm³/mol. The highest BCUT2D eigenvalue weighted by molar-refractivity contribution is 6.01. The Labute approximate surface area is 116 Å². The van der Waals surface area contributed by atoms with Gasteiger partial charge in [0.1, 0.15) is 17.4 Å². The Kier molecular flexibility index (Phi) is 2.48. The van der Waals surface area contributed by atoms with Crippen molar-refractivity contribution in [1.29, 1.82) is 0 Å². The van der Waals surface area contributed by atoms with Gasteiger partial charge in [0.2, 0.25) is 0 Å². The Morgan fingerprint density at radius 2 is 1.70 bits per heavy atom. The Bertz CT molecular complexity index is 559. The first-order chi connectivity index (χ1) is 9.61. The lowest BCUT2D eigenvalue weighted by molar-refractivity contribution is 0.0936. The van der Waals surface area contributed by atoms with Gasteiger partial charge in [-0.1, -0.05) is 0 Å². The fraction of sp³-hybridized carbons (Fsp3) is 0.562. The first-order valence-corrected chi connectivity index (χ1v) is 7.19. The lowest BCUT2D eigenvalue weighted by Crippen LogP contribution is -2.14. The molecule has 0 radical (unpaired) electrons. The van der Waals surface area contributed by atoms with Crippen LogP contribution in [-0.2, 0) is 0 Å². The van der Waals surface area contributed by atoms with Gasteiger partial charge >= 0.3 is 0 Å². The molecule has 0 aromatic heterocycles. The summed E-state index contributed by atoms with van der Waals surface area (Å²) in [5, 5.41) is 0. The van der Waals surface area contributed by atoms with Crippen LogP contribution in [0.25, 0.3) is 0 Å². The molecular weight excluding hydrogens is 262 g/mol. The average Bonchev–Trinajstić information content (AvgIpc) is 2.86. The third-order valence-corrected chi connectivity index (χ3v) is 5.54. The largest absolute Gasteiger partial charge is 0.497 e. The fourth-order valence-corrected chi connectivity index (χ4v) is 4.75. The van der Waals surface area contributed by atoms with Crippen molar-refractivity contribution >= 4 is 5.78 Å². The van der Waals surface area contributed by atoms with E-state index in [1.54, 1.807) is 0 Å². The summed E-state index contributed by atoms with van der Waals surface area (Å²) in [7, 11) is 1.35. The quantitative estimate of drug-likeness (QED) is 0.792. The Morgan fingerprint density at radius 3 is 2.20 bits per heavy atom. The molecule has 2 nitrogen and oxygen atoms in total. The van der Waals surface area contributed by atoms with Crippen LogP contribution in [0.4, 0.5) is 8.78 Å². The zero-order chi connectivity index (χ0) is 14.0. The lowest BCUT2D eigenvalue weighted by atomic mass is 9.95. The second kappa shape index (κ2) is 4.03. The summed E-state index contributed by atoms with van der Waals surface area (Å²) in [6.07, 6.45) is 3.58. The van der Waals surface area contributed by atoms with Crippen molar-refractivity contribution in [2.24, 2.45) is 29.6 Å². The van der Waals surface area contributed by atoms with Gasteiger partial charge in [-0.05, 0) is 42.9 Å². The molecule has 4 atom stereocenters. The first-order valence-electron chi connectivity index (χ1n) is 7.19. The fourth-order valence-electron chi connectivity index (χ4n) is 4.75. The molecule has 3 fully saturated rings. The number of Topliss-reactive ketones (excluding diaryl/α,β-unsaturated/α-hetero) is 1. The molecule has 0 saturated heterocycles. The number of methoxy groups -OCH3 is 1. The van der Waals surface area contributed by atoms with E-state index in [-0.39, 0.29) is 23.0 Å². The molecular formula is C16H16F2O2. The number of ether oxygens (including phenoxy) is 1. The molecule has 3 saturated carbocycles. The minimum absolute atomic E-state index is 0.104. The molecule has 0 N–H and O–H groups in total. The molecule has 3 aliphatic carbocycles. The number of carbonyl (C=O) groups is 1. The van der Waals surface area contributed by atoms with Gasteiger partial charge < -0.3 is 4.74 Å². The smallest absolute Gasteiger partial charge is 0.172 e. The van der Waals surface area contributed by atoms with Crippen LogP contribution >= 0.6 is 0 Å². The summed E-state index contributed by atoms with van der Waals surface area (Å²) in [5.41, 5.74) is -0.371. The van der Waals surface area contributed by atoms with Crippen molar-refractivity contribution in [3.05, 3.63) is 29.3 Å². The van der Waals surface area contributed by atoms with E-state index >= 15 is 0 Å². The zero-order valence-corrected chi connectivity index (χ0v) is 11.2. The van der Waals surface area contributed by atoms with Crippen LogP contribution in [0.15, 0.2) is 12.1 Å². The second-order valence-electron chi connectivity index (χ2n) is 6.34. The summed E-state index contributed by atoms with van der Waals surface area (Å²) < 4.78 is 32.8. The van der Waals surface area contributed by atoms with Gasteiger partial charge in [-0.3, -0.25) is 4.79 Å². The highest BCUT2D eigenvalue weighted by Crippen LogP contribution is 2.70. The molecule has 1 aromatic rings. The van der Waals surface area contributed by atoms with Crippen LogP contribution in [0.2, 0.25) is 0 Å². The van der Waals surface area contributed by atoms with E-state index in [1.165, 1.54) is 26.4 Å². The maximum atomic E-state index is 14.0. The molecule has 20 heavy (non-hydrogen) atoms. The maximum absolute atomic E-state index is 14.0. The van der Waals surface area contributed by atoms with Crippen LogP contribution in [-0.4, -0.2) is 12.9 Å². The van der Waals surface area contributed by atoms with Gasteiger partial charge in [-0.15, -0.1) is 0 Å². The van der Waals surface area contributed by atoms with Crippen LogP contribution in [0.1, 0.15) is 29.6 Å². The summed E-state index contributed by atoms with van der Waals surface area (Å²) >= 11 is 0. The second-order valence-corrected chi connectivity index (χ2v) is 6.34. The molecule has 4 heteroatoms. The van der Waals surface area contributed by atoms with Crippen molar-refractivity contribution in [2.75, 3.05) is 7.11 Å². The van der Waals surface area contributed by atoms with Crippen LogP contribution in [0.3, 0.4) is 0 Å². The molecule has 2 bridgehead atoms. The summed E-state index contributed by atoms with van der Waals surface area (Å²) in [4.78, 5) is 12.5. The summed E-state index contributed by atoms with van der Waals surface area (Å²) in [6.45, 7) is 0. The third kappa shape index (κ3) is 1.51. The number of hydrogen-bond donors (Lipinski definition) is 0. The summed E-state index contributed by atoms with van der Waals surface area (Å²) in [5.74, 6) is 0.0322. The number of carbonyl (C=O) groups excluding carboxylic acids is 1. The standard InChI is InChI=1S/C16H16F2O2/c1-20-9-5-10(17)14(11(18)6-9)16(19)15-12-7-2-3-8(4-7)13(12)15/h5-8,12-13,15H,2-4H2,1H3. The van der Waals surface area contributed by atoms with E-state index in [4.69, 9.17) is 4.74 Å². The van der Waals surface area contributed by atoms with Gasteiger partial charge in [-0.25, -0.2) is 8.78 Å². The molecule has 0 heterocycles. The van der Waals surface area contributed by atoms with E-state index in [0.29, 0.717) is 23.7 Å². The van der Waals surface area contributed by atoms with E-state index in [9.17, 15) is 13.6 Å². The van der Waals surface area contributed by atoms with Gasteiger partial charge in [0.15, 0.2) is 5.78 Å². The minimum atomic E-state index is -0.802. The molecule has 4 rings (SSSR count). The number of benzene rings is 1. The monoisotopic (exact) mass is 278 g/mol. The number of halogens is 2. The van der Waals surface area contributed by atoms with E-state index in [1.807, 2.05) is 0 Å². The molecule has 1 aromatic carbocycles. The van der Waals surface area contributed by atoms with Crippen LogP contribution < -0.4 is 4.74 Å². The highest BCUT2D eigenvalue weighted by atomic mass is 19.1. The number of rotatable bonds is 3. The SMILES string of the molecule is COc1cc(F)c(C(=O)C2C3C4CCC(C4)C23)c(F)c1. The van der Waals surface area contributed by atoms with Gasteiger partial charge in [0.25, 0.3) is 0 Å². The predicted octanol–water partition coefficient (Wildman–Crippen LogP) is 3.45. The van der Waals surface area contributed by atoms with Gasteiger partial charge in [-0.2, -0.15) is 0 Å². The molecule has 4 unspecified atom stereocenters. The Hall–Kier alpha value is -1.45. The zero-order valence-electron chi connectivity index (χ0n) is 11.2. The molecule has 3 aliphatic rings. The van der Waals surface area contributed by atoms with E-state index in [2.05, 4.69) is 0 Å². The van der Waals surface area contributed by atoms with E-state index in [0.717, 1.165) is 12.1 Å². The average molecular weight is 278 g/mol. The lowest BCUT2D eigenvalue weighted by Gasteiger charge is -2.10. The van der Waals surface area contributed by atoms with E-state index < -0.39 is 11.6 Å². The molecule has 106 valence electrons. The van der Waals surface area contributed by atoms with Gasteiger partial charge in [0, 0.05) is 18.1 Å². The Balaban J connectivity index is 1.64. The normalized spacial score (nSPS) is 36.9. The molecule has 0 amide bonds. The number of ketones is 1. The molecule has 0 aliphatic heterocycles. The van der Waals surface area contributed by atoms with Crippen molar-refractivity contribution < 1.29 is 18.3 Å². The van der Waals surface area contributed by atoms with Crippen LogP contribution in [0.5, 0.6) is 5.75 Å². The third-order valence-electron chi connectivity index (χ3n) is 5.54. The minimum Gasteiger partial charge on any atom is -0.497 e.